The third kappa shape index (κ3) is 2.95. The van der Waals surface area contributed by atoms with Crippen molar-refractivity contribution in [2.24, 2.45) is 5.92 Å². The Morgan fingerprint density at radius 1 is 1.15 bits per heavy atom. The van der Waals surface area contributed by atoms with E-state index < -0.39 is 6.10 Å². The molecule has 5 nitrogen and oxygen atoms in total. The third-order valence-electron chi connectivity index (χ3n) is 4.98. The number of carbonyl (C=O) groups excluding carboxylic acids is 1. The van der Waals surface area contributed by atoms with Gasteiger partial charge in [0.1, 0.15) is 5.58 Å². The van der Waals surface area contributed by atoms with Gasteiger partial charge in [-0.2, -0.15) is 0 Å². The van der Waals surface area contributed by atoms with Crippen LogP contribution < -0.4 is 4.74 Å². The van der Waals surface area contributed by atoms with E-state index in [9.17, 15) is 9.90 Å². The van der Waals surface area contributed by atoms with Crippen LogP contribution in [0.1, 0.15) is 16.1 Å². The minimum absolute atomic E-state index is 0.0109. The van der Waals surface area contributed by atoms with Crippen molar-refractivity contribution in [1.29, 1.82) is 0 Å². The van der Waals surface area contributed by atoms with Crippen molar-refractivity contribution in [3.8, 4) is 5.75 Å². The smallest absolute Gasteiger partial charge is 0.293 e. The second kappa shape index (κ2) is 6.84. The number of para-hydroxylation sites is 1. The number of β-amino-alcohol motifs (C(OH)–C–C–N with tert-alkyl or cyclic N) is 1. The van der Waals surface area contributed by atoms with Crippen molar-refractivity contribution in [3.63, 3.8) is 0 Å². The molecule has 0 unspecified atom stereocenters. The molecule has 1 aromatic heterocycles. The minimum Gasteiger partial charge on any atom is -0.492 e. The Balaban J connectivity index is 1.56. The molecule has 2 heterocycles. The number of ether oxygens (including phenoxy) is 1. The van der Waals surface area contributed by atoms with E-state index in [4.69, 9.17) is 9.15 Å². The number of hydrogen-bond acceptors (Lipinski definition) is 4. The fraction of sp³-hybridized carbons (Fsp3) is 0.286. The van der Waals surface area contributed by atoms with Crippen molar-refractivity contribution >= 4 is 16.9 Å². The van der Waals surface area contributed by atoms with Crippen LogP contribution in [-0.2, 0) is 6.42 Å². The lowest BCUT2D eigenvalue weighted by molar-refractivity contribution is 0.0731. The molecule has 0 spiro atoms. The average molecular weight is 351 g/mol. The molecule has 1 saturated heterocycles. The first-order valence-corrected chi connectivity index (χ1v) is 8.74. The first kappa shape index (κ1) is 16.7. The lowest BCUT2D eigenvalue weighted by atomic mass is 9.97. The predicted octanol–water partition coefficient (Wildman–Crippen LogP) is 3.12. The van der Waals surface area contributed by atoms with Crippen LogP contribution in [0.5, 0.6) is 5.75 Å². The van der Waals surface area contributed by atoms with Gasteiger partial charge < -0.3 is 19.2 Å². The van der Waals surface area contributed by atoms with E-state index in [2.05, 4.69) is 0 Å². The number of nitrogens with zero attached hydrogens (tertiary/aromatic N) is 1. The first-order chi connectivity index (χ1) is 12.7. The molecule has 3 aromatic rings. The Bertz CT molecular complexity index is 918. The van der Waals surface area contributed by atoms with E-state index in [1.54, 1.807) is 4.90 Å². The minimum atomic E-state index is -0.547. The molecular weight excluding hydrogens is 330 g/mol. The number of carbonyl (C=O) groups is 1. The summed E-state index contributed by atoms with van der Waals surface area (Å²) in [4.78, 5) is 14.6. The average Bonchev–Trinajstić information content (AvgIpc) is 3.22. The molecule has 1 fully saturated rings. The zero-order valence-corrected chi connectivity index (χ0v) is 14.6. The van der Waals surface area contributed by atoms with Crippen LogP contribution in [0.25, 0.3) is 11.0 Å². The largest absolute Gasteiger partial charge is 0.492 e. The second-order valence-corrected chi connectivity index (χ2v) is 6.69. The number of likely N-dealkylation sites (tertiary alicyclic amines) is 1. The van der Waals surface area contributed by atoms with Crippen LogP contribution in [0.15, 0.2) is 59.0 Å². The molecule has 0 aliphatic carbocycles. The summed E-state index contributed by atoms with van der Waals surface area (Å²) in [6, 6.07) is 17.4. The highest BCUT2D eigenvalue weighted by molar-refractivity contribution is 6.01. The fourth-order valence-electron chi connectivity index (χ4n) is 3.65. The summed E-state index contributed by atoms with van der Waals surface area (Å²) in [7, 11) is 1.53. The maximum atomic E-state index is 13.0. The van der Waals surface area contributed by atoms with Crippen molar-refractivity contribution < 1.29 is 19.1 Å². The van der Waals surface area contributed by atoms with Crippen LogP contribution >= 0.6 is 0 Å². The molecule has 0 bridgehead atoms. The number of benzene rings is 2. The standard InChI is InChI=1S/C21H21NO4/c1-25-19-16-9-5-6-10-18(16)26-20(19)21(24)22-12-15(17(23)13-22)11-14-7-3-2-4-8-14/h2-10,15,17,23H,11-13H2,1H3/t15-,17-/m1/s1. The van der Waals surface area contributed by atoms with Gasteiger partial charge in [0.2, 0.25) is 5.76 Å². The second-order valence-electron chi connectivity index (χ2n) is 6.69. The Morgan fingerprint density at radius 3 is 2.65 bits per heavy atom. The fourth-order valence-corrected chi connectivity index (χ4v) is 3.65. The van der Waals surface area contributed by atoms with Gasteiger partial charge in [0.05, 0.1) is 18.6 Å². The highest BCUT2D eigenvalue weighted by atomic mass is 16.5. The SMILES string of the molecule is COc1c(C(=O)N2C[C@@H](Cc3ccccc3)[C@H](O)C2)oc2ccccc12. The number of furan rings is 1. The number of aliphatic hydroxyl groups is 1. The number of methoxy groups -OCH3 is 1. The highest BCUT2D eigenvalue weighted by Crippen LogP contribution is 2.34. The molecule has 1 N–H and O–H groups in total. The quantitative estimate of drug-likeness (QED) is 0.784. The van der Waals surface area contributed by atoms with Crippen molar-refractivity contribution in [2.75, 3.05) is 20.2 Å². The van der Waals surface area contributed by atoms with Crippen LogP contribution in [0.4, 0.5) is 0 Å². The monoisotopic (exact) mass is 351 g/mol. The van der Waals surface area contributed by atoms with Crippen LogP contribution in [-0.4, -0.2) is 42.2 Å². The first-order valence-electron chi connectivity index (χ1n) is 8.74. The Hall–Kier alpha value is -2.79. The molecule has 2 aromatic carbocycles. The van der Waals surface area contributed by atoms with E-state index in [0.717, 1.165) is 17.4 Å². The van der Waals surface area contributed by atoms with E-state index in [1.165, 1.54) is 7.11 Å². The van der Waals surface area contributed by atoms with Crippen molar-refractivity contribution in [2.45, 2.75) is 12.5 Å². The molecule has 4 rings (SSSR count). The molecular formula is C21H21NO4. The summed E-state index contributed by atoms with van der Waals surface area (Å²) < 4.78 is 11.2. The summed E-state index contributed by atoms with van der Waals surface area (Å²) in [5.74, 6) is 0.414. The van der Waals surface area contributed by atoms with Gasteiger partial charge in [0.25, 0.3) is 5.91 Å². The summed E-state index contributed by atoms with van der Waals surface area (Å²) in [5, 5.41) is 11.2. The zero-order valence-electron chi connectivity index (χ0n) is 14.6. The summed E-state index contributed by atoms with van der Waals surface area (Å²) in [6.45, 7) is 0.797. The lowest BCUT2D eigenvalue weighted by Crippen LogP contribution is -2.29. The molecule has 1 aliphatic heterocycles. The third-order valence-corrected chi connectivity index (χ3v) is 4.98. The van der Waals surface area contributed by atoms with Crippen LogP contribution in [0.3, 0.4) is 0 Å². The van der Waals surface area contributed by atoms with Gasteiger partial charge in [-0.3, -0.25) is 4.79 Å². The molecule has 0 saturated carbocycles. The molecule has 0 radical (unpaired) electrons. The van der Waals surface area contributed by atoms with Crippen LogP contribution in [0.2, 0.25) is 0 Å². The topological polar surface area (TPSA) is 62.9 Å². The lowest BCUT2D eigenvalue weighted by Gasteiger charge is -2.15. The molecule has 1 aliphatic rings. The summed E-state index contributed by atoms with van der Waals surface area (Å²) in [6.07, 6.45) is 0.192. The van der Waals surface area contributed by atoms with Gasteiger partial charge in [-0.15, -0.1) is 0 Å². The molecule has 5 heteroatoms. The zero-order chi connectivity index (χ0) is 18.1. The maximum absolute atomic E-state index is 13.0. The van der Waals surface area contributed by atoms with Crippen molar-refractivity contribution in [3.05, 3.63) is 65.9 Å². The number of hydrogen-bond donors (Lipinski definition) is 1. The molecule has 1 amide bonds. The van der Waals surface area contributed by atoms with Gasteiger partial charge in [0, 0.05) is 19.0 Å². The molecule has 134 valence electrons. The van der Waals surface area contributed by atoms with E-state index in [-0.39, 0.29) is 17.6 Å². The van der Waals surface area contributed by atoms with Gasteiger partial charge in [0.15, 0.2) is 5.75 Å². The van der Waals surface area contributed by atoms with E-state index in [0.29, 0.717) is 24.4 Å². The van der Waals surface area contributed by atoms with Crippen molar-refractivity contribution in [1.82, 2.24) is 4.90 Å². The number of aliphatic hydroxyl groups excluding tert-OH is 1. The van der Waals surface area contributed by atoms with Gasteiger partial charge in [-0.1, -0.05) is 42.5 Å². The Labute approximate surface area is 151 Å². The van der Waals surface area contributed by atoms with E-state index in [1.807, 2.05) is 54.6 Å². The number of amides is 1. The Morgan fingerprint density at radius 2 is 1.88 bits per heavy atom. The van der Waals surface area contributed by atoms with Gasteiger partial charge in [-0.25, -0.2) is 0 Å². The van der Waals surface area contributed by atoms with Crippen LogP contribution in [0, 0.1) is 5.92 Å². The normalized spacial score (nSPS) is 19.8. The maximum Gasteiger partial charge on any atom is 0.293 e. The summed E-state index contributed by atoms with van der Waals surface area (Å²) in [5.41, 5.74) is 1.78. The van der Waals surface area contributed by atoms with Gasteiger partial charge in [-0.05, 0) is 24.1 Å². The van der Waals surface area contributed by atoms with Gasteiger partial charge >= 0.3 is 0 Å². The number of rotatable bonds is 4. The summed E-state index contributed by atoms with van der Waals surface area (Å²) >= 11 is 0. The molecule has 2 atom stereocenters. The predicted molar refractivity (Wildman–Crippen MR) is 98.3 cm³/mol. The van der Waals surface area contributed by atoms with E-state index >= 15 is 0 Å². The Kier molecular flexibility index (Phi) is 4.39. The number of fused-ring (bicyclic) bond motifs is 1. The highest BCUT2D eigenvalue weighted by Gasteiger charge is 2.37. The molecule has 26 heavy (non-hydrogen) atoms.